The minimum Gasteiger partial charge on any atom is -0.465 e. The summed E-state index contributed by atoms with van der Waals surface area (Å²) < 4.78 is 34.9. The number of hydrogen-bond acceptors (Lipinski definition) is 8. The second kappa shape index (κ2) is 11.0. The van der Waals surface area contributed by atoms with Gasteiger partial charge in [0.05, 0.1) is 25.9 Å². The maximum absolute atomic E-state index is 13.3. The Hall–Kier alpha value is -4.39. The molecule has 8 nitrogen and oxygen atoms in total. The molecule has 0 atom stereocenters. The molecule has 3 aromatic rings. The van der Waals surface area contributed by atoms with E-state index in [-0.39, 0.29) is 22.5 Å². The van der Waals surface area contributed by atoms with E-state index in [9.17, 15) is 18.4 Å². The zero-order chi connectivity index (χ0) is 22.8. The summed E-state index contributed by atoms with van der Waals surface area (Å²) in [7, 11) is 2.45. The Morgan fingerprint density at radius 2 is 1.58 bits per heavy atom. The SMILES string of the molecule is COC(=O)c1cccnc1F.COC(=O)c1cccnc1Nc1cc(F)cc(C#N)c1. The molecule has 0 aliphatic heterocycles. The summed E-state index contributed by atoms with van der Waals surface area (Å²) in [6, 6.07) is 11.5. The van der Waals surface area contributed by atoms with E-state index >= 15 is 0 Å². The summed E-state index contributed by atoms with van der Waals surface area (Å²) in [5, 5.41) is 11.6. The van der Waals surface area contributed by atoms with Gasteiger partial charge in [0.25, 0.3) is 0 Å². The van der Waals surface area contributed by atoms with Crippen molar-refractivity contribution in [2.75, 3.05) is 19.5 Å². The topological polar surface area (TPSA) is 114 Å². The number of ether oxygens (including phenoxy) is 2. The summed E-state index contributed by atoms with van der Waals surface area (Å²) in [4.78, 5) is 29.6. The van der Waals surface area contributed by atoms with Gasteiger partial charge in [-0.15, -0.1) is 0 Å². The molecule has 31 heavy (non-hydrogen) atoms. The van der Waals surface area contributed by atoms with E-state index in [0.29, 0.717) is 5.69 Å². The van der Waals surface area contributed by atoms with Gasteiger partial charge >= 0.3 is 11.9 Å². The molecule has 0 fully saturated rings. The summed E-state index contributed by atoms with van der Waals surface area (Å²) in [5.74, 6) is -2.40. The largest absolute Gasteiger partial charge is 0.465 e. The van der Waals surface area contributed by atoms with Crippen LogP contribution in [0.1, 0.15) is 26.3 Å². The lowest BCUT2D eigenvalue weighted by atomic mass is 10.2. The minimum atomic E-state index is -0.806. The van der Waals surface area contributed by atoms with Gasteiger partial charge in [0.15, 0.2) is 0 Å². The standard InChI is InChI=1S/C14H10FN3O2.C7H6FNO2/c1-20-14(19)12-3-2-4-17-13(12)18-11-6-9(8-16)5-10(15)7-11;1-11-7(10)5-3-2-4-9-6(5)8/h2-7H,1H3,(H,17,18);2-4H,1H3. The van der Waals surface area contributed by atoms with Crippen LogP contribution in [0.25, 0.3) is 0 Å². The lowest BCUT2D eigenvalue weighted by Crippen LogP contribution is -2.07. The Balaban J connectivity index is 0.000000262. The van der Waals surface area contributed by atoms with Crippen LogP contribution in [-0.4, -0.2) is 36.1 Å². The normalized spacial score (nSPS) is 9.52. The van der Waals surface area contributed by atoms with Crippen molar-refractivity contribution in [3.05, 3.63) is 83.3 Å². The lowest BCUT2D eigenvalue weighted by molar-refractivity contribution is 0.0588. The Bertz CT molecular complexity index is 1130. The van der Waals surface area contributed by atoms with Crippen molar-refractivity contribution >= 4 is 23.4 Å². The van der Waals surface area contributed by atoms with E-state index < -0.39 is 23.7 Å². The van der Waals surface area contributed by atoms with Crippen LogP contribution in [0.3, 0.4) is 0 Å². The zero-order valence-electron chi connectivity index (χ0n) is 16.4. The fourth-order valence-electron chi connectivity index (χ4n) is 2.29. The summed E-state index contributed by atoms with van der Waals surface area (Å²) in [5.41, 5.74) is 0.571. The molecule has 0 radical (unpaired) electrons. The Labute approximate surface area is 176 Å². The van der Waals surface area contributed by atoms with Gasteiger partial charge in [-0.3, -0.25) is 0 Å². The number of methoxy groups -OCH3 is 2. The second-order valence-electron chi connectivity index (χ2n) is 5.69. The smallest absolute Gasteiger partial charge is 0.342 e. The van der Waals surface area contributed by atoms with E-state index in [1.165, 1.54) is 56.9 Å². The fraction of sp³-hybridized carbons (Fsp3) is 0.0952. The van der Waals surface area contributed by atoms with Crippen LogP contribution in [0.4, 0.5) is 20.3 Å². The number of rotatable bonds is 4. The van der Waals surface area contributed by atoms with Crippen LogP contribution in [-0.2, 0) is 9.47 Å². The van der Waals surface area contributed by atoms with Crippen molar-refractivity contribution in [3.8, 4) is 6.07 Å². The second-order valence-corrected chi connectivity index (χ2v) is 5.69. The van der Waals surface area contributed by atoms with Crippen molar-refractivity contribution in [1.82, 2.24) is 9.97 Å². The van der Waals surface area contributed by atoms with Crippen LogP contribution < -0.4 is 5.32 Å². The highest BCUT2D eigenvalue weighted by atomic mass is 19.1. The van der Waals surface area contributed by atoms with Crippen LogP contribution in [0, 0.1) is 23.1 Å². The first-order valence-corrected chi connectivity index (χ1v) is 8.59. The molecule has 0 spiro atoms. The highest BCUT2D eigenvalue weighted by molar-refractivity contribution is 5.95. The van der Waals surface area contributed by atoms with Crippen molar-refractivity contribution in [1.29, 1.82) is 5.26 Å². The van der Waals surface area contributed by atoms with Crippen LogP contribution in [0.2, 0.25) is 0 Å². The lowest BCUT2D eigenvalue weighted by Gasteiger charge is -2.09. The summed E-state index contributed by atoms with van der Waals surface area (Å²) in [6.07, 6.45) is 2.75. The van der Waals surface area contributed by atoms with E-state index in [1.807, 2.05) is 6.07 Å². The number of carbonyl (C=O) groups is 2. The van der Waals surface area contributed by atoms with Gasteiger partial charge in [-0.25, -0.2) is 23.9 Å². The third-order valence-corrected chi connectivity index (χ3v) is 3.67. The van der Waals surface area contributed by atoms with Crippen LogP contribution >= 0.6 is 0 Å². The number of pyridine rings is 2. The van der Waals surface area contributed by atoms with E-state index in [0.717, 1.165) is 6.07 Å². The monoisotopic (exact) mass is 426 g/mol. The third-order valence-electron chi connectivity index (χ3n) is 3.67. The van der Waals surface area contributed by atoms with Gasteiger partial charge in [0.1, 0.15) is 22.8 Å². The predicted octanol–water partition coefficient (Wildman–Crippen LogP) is 3.63. The maximum atomic E-state index is 13.3. The number of aromatic nitrogens is 2. The van der Waals surface area contributed by atoms with Crippen molar-refractivity contribution in [2.45, 2.75) is 0 Å². The molecule has 0 unspecified atom stereocenters. The molecule has 0 bridgehead atoms. The van der Waals surface area contributed by atoms with Crippen molar-refractivity contribution in [2.24, 2.45) is 0 Å². The summed E-state index contributed by atoms with van der Waals surface area (Å²) >= 11 is 0. The molecule has 0 saturated heterocycles. The average molecular weight is 426 g/mol. The number of halogens is 2. The summed E-state index contributed by atoms with van der Waals surface area (Å²) in [6.45, 7) is 0. The van der Waals surface area contributed by atoms with E-state index in [4.69, 9.17) is 5.26 Å². The molecular weight excluding hydrogens is 410 g/mol. The van der Waals surface area contributed by atoms with Gasteiger partial charge < -0.3 is 14.8 Å². The predicted molar refractivity (Wildman–Crippen MR) is 106 cm³/mol. The highest BCUT2D eigenvalue weighted by Crippen LogP contribution is 2.21. The quantitative estimate of drug-likeness (QED) is 0.497. The maximum Gasteiger partial charge on any atom is 0.342 e. The number of nitriles is 1. The van der Waals surface area contributed by atoms with Gasteiger partial charge in [0.2, 0.25) is 5.95 Å². The fourth-order valence-corrected chi connectivity index (χ4v) is 2.29. The number of nitrogens with one attached hydrogen (secondary N) is 1. The van der Waals surface area contributed by atoms with Crippen LogP contribution in [0.15, 0.2) is 54.9 Å². The third kappa shape index (κ3) is 6.30. The first kappa shape index (κ1) is 22.9. The number of anilines is 2. The molecule has 0 aliphatic rings. The molecule has 0 aliphatic carbocycles. The number of benzene rings is 1. The first-order valence-electron chi connectivity index (χ1n) is 8.59. The minimum absolute atomic E-state index is 0.144. The number of nitrogens with zero attached hydrogens (tertiary/aromatic N) is 3. The zero-order valence-corrected chi connectivity index (χ0v) is 16.4. The molecule has 158 valence electrons. The molecule has 10 heteroatoms. The van der Waals surface area contributed by atoms with Gasteiger partial charge in [-0.2, -0.15) is 9.65 Å². The van der Waals surface area contributed by atoms with Gasteiger partial charge in [-0.1, -0.05) is 0 Å². The van der Waals surface area contributed by atoms with E-state index in [1.54, 1.807) is 6.07 Å². The first-order chi connectivity index (χ1) is 14.9. The molecule has 0 amide bonds. The van der Waals surface area contributed by atoms with Crippen molar-refractivity contribution < 1.29 is 27.8 Å². The number of hydrogen-bond donors (Lipinski definition) is 1. The molecular formula is C21H16F2N4O4. The van der Waals surface area contributed by atoms with Crippen LogP contribution in [0.5, 0.6) is 0 Å². The molecule has 3 rings (SSSR count). The number of carbonyl (C=O) groups excluding carboxylic acids is 2. The Morgan fingerprint density at radius 3 is 2.19 bits per heavy atom. The molecule has 1 N–H and O–H groups in total. The highest BCUT2D eigenvalue weighted by Gasteiger charge is 2.13. The van der Waals surface area contributed by atoms with Gasteiger partial charge in [0, 0.05) is 18.1 Å². The molecule has 0 saturated carbocycles. The molecule has 2 heterocycles. The Morgan fingerprint density at radius 1 is 0.968 bits per heavy atom. The van der Waals surface area contributed by atoms with Gasteiger partial charge in [-0.05, 0) is 42.5 Å². The average Bonchev–Trinajstić information content (AvgIpc) is 2.78. The molecule has 2 aromatic heterocycles. The molecule has 1 aromatic carbocycles. The Kier molecular flexibility index (Phi) is 8.10. The number of esters is 2. The van der Waals surface area contributed by atoms with Crippen molar-refractivity contribution in [3.63, 3.8) is 0 Å². The van der Waals surface area contributed by atoms with E-state index in [2.05, 4.69) is 24.8 Å².